The summed E-state index contributed by atoms with van der Waals surface area (Å²) in [6.07, 6.45) is 24.1. The normalized spacial score (nSPS) is 26.6. The summed E-state index contributed by atoms with van der Waals surface area (Å²) in [5.74, 6) is 3.95. The second-order valence-electron chi connectivity index (χ2n) is 11.0. The van der Waals surface area contributed by atoms with Crippen LogP contribution < -0.4 is 0 Å². The average Bonchev–Trinajstić information content (AvgIpc) is 2.82. The van der Waals surface area contributed by atoms with Gasteiger partial charge in [0.15, 0.2) is 0 Å². The molecule has 174 valence electrons. The van der Waals surface area contributed by atoms with Crippen molar-refractivity contribution in [3.63, 3.8) is 0 Å². The van der Waals surface area contributed by atoms with Crippen LogP contribution >= 0.6 is 0 Å². The van der Waals surface area contributed by atoms with Crippen molar-refractivity contribution in [2.24, 2.45) is 17.8 Å². The fourth-order valence-electron chi connectivity index (χ4n) is 6.32. The number of benzene rings is 1. The van der Waals surface area contributed by atoms with Crippen LogP contribution in [-0.4, -0.2) is 0 Å². The number of aryl methyl sites for hydroxylation is 1. The van der Waals surface area contributed by atoms with Gasteiger partial charge in [0.2, 0.25) is 0 Å². The van der Waals surface area contributed by atoms with Crippen molar-refractivity contribution in [3.8, 4) is 0 Å². The zero-order chi connectivity index (χ0) is 21.9. The Morgan fingerprint density at radius 1 is 0.742 bits per heavy atom. The first-order chi connectivity index (χ1) is 15.2. The molecule has 1 aromatic carbocycles. The summed E-state index contributed by atoms with van der Waals surface area (Å²) in [5.41, 5.74) is 4.45. The molecule has 0 aromatic heterocycles. The van der Waals surface area contributed by atoms with Crippen molar-refractivity contribution in [1.82, 2.24) is 0 Å². The van der Waals surface area contributed by atoms with Crippen LogP contribution in [0.25, 0.3) is 0 Å². The summed E-state index contributed by atoms with van der Waals surface area (Å²) in [7, 11) is 0. The molecule has 0 heterocycles. The standard InChI is InChI=1S/C31H50/c1-4-8-26-13-15-27(16-14-26)9-6-7-10-28-17-21-30(22-18-28)31-23-19-29(20-24-31)12-11-25(3)5-2/h19-20,23-24,26-28,30H,3-18,21-22H2,1-2H3. The highest BCUT2D eigenvalue weighted by molar-refractivity contribution is 5.26. The third kappa shape index (κ3) is 8.43. The molecule has 2 aliphatic carbocycles. The largest absolute Gasteiger partial charge is 0.0999 e. The predicted molar refractivity (Wildman–Crippen MR) is 138 cm³/mol. The van der Waals surface area contributed by atoms with Gasteiger partial charge in [0.1, 0.15) is 0 Å². The Hall–Kier alpha value is -1.04. The van der Waals surface area contributed by atoms with Crippen molar-refractivity contribution in [3.05, 3.63) is 47.5 Å². The van der Waals surface area contributed by atoms with E-state index in [1.807, 2.05) is 0 Å². The molecule has 0 aliphatic heterocycles. The summed E-state index contributed by atoms with van der Waals surface area (Å²) in [6.45, 7) is 8.70. The van der Waals surface area contributed by atoms with Gasteiger partial charge in [-0.1, -0.05) is 114 Å². The second kappa shape index (κ2) is 13.5. The van der Waals surface area contributed by atoms with E-state index in [0.717, 1.165) is 42.9 Å². The highest BCUT2D eigenvalue weighted by Gasteiger charge is 2.23. The van der Waals surface area contributed by atoms with Crippen molar-refractivity contribution in [2.75, 3.05) is 0 Å². The first kappa shape index (κ1) is 24.6. The molecule has 3 rings (SSSR count). The minimum Gasteiger partial charge on any atom is -0.0999 e. The fraction of sp³-hybridized carbons (Fsp3) is 0.742. The highest BCUT2D eigenvalue weighted by Crippen LogP contribution is 2.39. The molecule has 0 nitrogen and oxygen atoms in total. The lowest BCUT2D eigenvalue weighted by Gasteiger charge is -2.30. The van der Waals surface area contributed by atoms with Crippen LogP contribution in [0, 0.1) is 17.8 Å². The Bertz CT molecular complexity index is 608. The van der Waals surface area contributed by atoms with E-state index < -0.39 is 0 Å². The molecular weight excluding hydrogens is 372 g/mol. The van der Waals surface area contributed by atoms with Gasteiger partial charge >= 0.3 is 0 Å². The van der Waals surface area contributed by atoms with E-state index in [2.05, 4.69) is 44.7 Å². The van der Waals surface area contributed by atoms with Gasteiger partial charge in [0.25, 0.3) is 0 Å². The molecule has 0 saturated heterocycles. The average molecular weight is 423 g/mol. The molecule has 0 atom stereocenters. The van der Waals surface area contributed by atoms with Gasteiger partial charge in [-0.3, -0.25) is 0 Å². The Balaban J connectivity index is 1.27. The molecule has 2 aliphatic rings. The van der Waals surface area contributed by atoms with E-state index in [0.29, 0.717) is 0 Å². The van der Waals surface area contributed by atoms with E-state index in [1.54, 1.807) is 5.56 Å². The second-order valence-corrected chi connectivity index (χ2v) is 11.0. The van der Waals surface area contributed by atoms with Crippen LogP contribution in [0.15, 0.2) is 36.4 Å². The maximum Gasteiger partial charge on any atom is -0.0162 e. The maximum atomic E-state index is 4.15. The molecule has 0 bridgehead atoms. The zero-order valence-corrected chi connectivity index (χ0v) is 20.8. The quantitative estimate of drug-likeness (QED) is 0.232. The number of unbranched alkanes of at least 4 members (excludes halogenated alkanes) is 1. The van der Waals surface area contributed by atoms with Crippen molar-refractivity contribution >= 4 is 0 Å². The Morgan fingerprint density at radius 2 is 1.26 bits per heavy atom. The minimum absolute atomic E-state index is 0.814. The van der Waals surface area contributed by atoms with Crippen molar-refractivity contribution in [1.29, 1.82) is 0 Å². The Kier molecular flexibility index (Phi) is 10.7. The van der Waals surface area contributed by atoms with Crippen LogP contribution in [-0.2, 0) is 6.42 Å². The van der Waals surface area contributed by atoms with Gasteiger partial charge in [-0.15, -0.1) is 0 Å². The molecule has 0 spiro atoms. The van der Waals surface area contributed by atoms with Gasteiger partial charge in [-0.25, -0.2) is 0 Å². The predicted octanol–water partition coefficient (Wildman–Crippen LogP) is 10.0. The van der Waals surface area contributed by atoms with E-state index in [9.17, 15) is 0 Å². The van der Waals surface area contributed by atoms with Crippen LogP contribution in [0.4, 0.5) is 0 Å². The van der Waals surface area contributed by atoms with Crippen LogP contribution in [0.2, 0.25) is 0 Å². The lowest BCUT2D eigenvalue weighted by atomic mass is 9.76. The fourth-order valence-corrected chi connectivity index (χ4v) is 6.32. The van der Waals surface area contributed by atoms with Gasteiger partial charge < -0.3 is 0 Å². The first-order valence-corrected chi connectivity index (χ1v) is 13.9. The van der Waals surface area contributed by atoms with E-state index in [1.165, 1.54) is 101 Å². The maximum absolute atomic E-state index is 4.15. The lowest BCUT2D eigenvalue weighted by Crippen LogP contribution is -2.15. The lowest BCUT2D eigenvalue weighted by molar-refractivity contribution is 0.243. The molecule has 0 amide bonds. The molecule has 0 N–H and O–H groups in total. The zero-order valence-electron chi connectivity index (χ0n) is 20.8. The SMILES string of the molecule is C=C(CC)CCc1ccc(C2CCC(CCCCC3CCC(CCC)CC3)CC2)cc1. The molecule has 0 unspecified atom stereocenters. The molecule has 2 saturated carbocycles. The third-order valence-electron chi connectivity index (χ3n) is 8.70. The van der Waals surface area contributed by atoms with E-state index in [-0.39, 0.29) is 0 Å². The molecule has 1 aromatic rings. The molecular formula is C31H50. The number of rotatable bonds is 12. The third-order valence-corrected chi connectivity index (χ3v) is 8.70. The molecule has 31 heavy (non-hydrogen) atoms. The number of hydrogen-bond donors (Lipinski definition) is 0. The Labute approximate surface area is 194 Å². The molecule has 0 radical (unpaired) electrons. The summed E-state index contributed by atoms with van der Waals surface area (Å²) in [5, 5.41) is 0. The van der Waals surface area contributed by atoms with Crippen molar-refractivity contribution < 1.29 is 0 Å². The van der Waals surface area contributed by atoms with Gasteiger partial charge in [0, 0.05) is 0 Å². The van der Waals surface area contributed by atoms with Crippen LogP contribution in [0.3, 0.4) is 0 Å². The van der Waals surface area contributed by atoms with Gasteiger partial charge in [0.05, 0.1) is 0 Å². The monoisotopic (exact) mass is 422 g/mol. The Morgan fingerprint density at radius 3 is 1.77 bits per heavy atom. The summed E-state index contributed by atoms with van der Waals surface area (Å²) in [6, 6.07) is 9.59. The van der Waals surface area contributed by atoms with Gasteiger partial charge in [-0.2, -0.15) is 0 Å². The summed E-state index contributed by atoms with van der Waals surface area (Å²) >= 11 is 0. The first-order valence-electron chi connectivity index (χ1n) is 13.9. The molecule has 2 fully saturated rings. The van der Waals surface area contributed by atoms with Crippen LogP contribution in [0.1, 0.15) is 134 Å². The summed E-state index contributed by atoms with van der Waals surface area (Å²) < 4.78 is 0. The molecule has 0 heteroatoms. The highest BCUT2D eigenvalue weighted by atomic mass is 14.3. The van der Waals surface area contributed by atoms with E-state index in [4.69, 9.17) is 0 Å². The van der Waals surface area contributed by atoms with Crippen molar-refractivity contribution in [2.45, 2.75) is 129 Å². The summed E-state index contributed by atoms with van der Waals surface area (Å²) in [4.78, 5) is 0. The topological polar surface area (TPSA) is 0 Å². The van der Waals surface area contributed by atoms with Crippen LogP contribution in [0.5, 0.6) is 0 Å². The van der Waals surface area contributed by atoms with Gasteiger partial charge in [-0.05, 0) is 79.7 Å². The number of allylic oxidation sites excluding steroid dienone is 1. The number of hydrogen-bond acceptors (Lipinski definition) is 0. The smallest absolute Gasteiger partial charge is 0.0162 e. The van der Waals surface area contributed by atoms with E-state index >= 15 is 0 Å². The minimum atomic E-state index is 0.814.